The van der Waals surface area contributed by atoms with Crippen LogP contribution in [0.2, 0.25) is 0 Å². The maximum absolute atomic E-state index is 12.8. The number of benzene rings is 1. The van der Waals surface area contributed by atoms with Gasteiger partial charge in [0.1, 0.15) is 6.61 Å². The summed E-state index contributed by atoms with van der Waals surface area (Å²) < 4.78 is 48.7. The molecule has 1 atom stereocenters. The van der Waals surface area contributed by atoms with E-state index in [2.05, 4.69) is 0 Å². The molecule has 0 radical (unpaired) electrons. The van der Waals surface area contributed by atoms with Gasteiger partial charge in [-0.1, -0.05) is 30.3 Å². The fourth-order valence-electron chi connectivity index (χ4n) is 3.42. The number of hydrogen-bond acceptors (Lipinski definition) is 4. The highest BCUT2D eigenvalue weighted by molar-refractivity contribution is 5.82. The third-order valence-electron chi connectivity index (χ3n) is 4.88. The molecule has 2 fully saturated rings. The monoisotopic (exact) mass is 372 g/mol. The predicted octanol–water partition coefficient (Wildman–Crippen LogP) is 2.04. The van der Waals surface area contributed by atoms with Gasteiger partial charge >= 0.3 is 18.2 Å². The first-order valence-electron chi connectivity index (χ1n) is 8.10. The number of nitrogens with zero attached hydrogens (tertiary/aromatic N) is 2. The molecule has 2 heterocycles. The summed E-state index contributed by atoms with van der Waals surface area (Å²) in [6, 6.07) is 8.30. The Morgan fingerprint density at radius 1 is 1.31 bits per heavy atom. The molecule has 2 amide bonds. The van der Waals surface area contributed by atoms with E-state index in [1.165, 1.54) is 4.90 Å². The number of ether oxygens (including phenoxy) is 2. The van der Waals surface area contributed by atoms with E-state index in [1.807, 2.05) is 18.2 Å². The van der Waals surface area contributed by atoms with E-state index in [0.29, 0.717) is 4.90 Å². The minimum absolute atomic E-state index is 0.0185. The van der Waals surface area contributed by atoms with Crippen molar-refractivity contribution in [3.63, 3.8) is 0 Å². The summed E-state index contributed by atoms with van der Waals surface area (Å²) in [5.41, 5.74) is 0.129. The Bertz CT molecular complexity index is 676. The number of halogens is 3. The average molecular weight is 372 g/mol. The number of carbonyl (C=O) groups excluding carboxylic acids is 2. The van der Waals surface area contributed by atoms with Crippen LogP contribution in [0.4, 0.5) is 18.0 Å². The summed E-state index contributed by atoms with van der Waals surface area (Å²) in [5.74, 6) is -1.92. The summed E-state index contributed by atoms with van der Waals surface area (Å²) >= 11 is 0. The van der Waals surface area contributed by atoms with Crippen LogP contribution in [0, 0.1) is 5.41 Å². The summed E-state index contributed by atoms with van der Waals surface area (Å²) in [6.07, 6.45) is -5.57. The van der Waals surface area contributed by atoms with Crippen LogP contribution < -0.4 is 0 Å². The zero-order valence-electron chi connectivity index (χ0n) is 14.2. The molecule has 3 rings (SSSR count). The number of likely N-dealkylation sites (N-methyl/N-ethyl adjacent to an activating group) is 1. The van der Waals surface area contributed by atoms with Crippen molar-refractivity contribution in [2.24, 2.45) is 5.41 Å². The first kappa shape index (κ1) is 18.5. The molecule has 2 aliphatic heterocycles. The van der Waals surface area contributed by atoms with Crippen molar-refractivity contribution in [3.05, 3.63) is 35.9 Å². The van der Waals surface area contributed by atoms with Crippen LogP contribution in [-0.4, -0.2) is 67.4 Å². The second-order valence-corrected chi connectivity index (χ2v) is 6.71. The van der Waals surface area contributed by atoms with Crippen molar-refractivity contribution in [3.8, 4) is 0 Å². The van der Waals surface area contributed by atoms with Crippen LogP contribution in [0.15, 0.2) is 30.3 Å². The van der Waals surface area contributed by atoms with Gasteiger partial charge in [-0.3, -0.25) is 4.79 Å². The lowest BCUT2D eigenvalue weighted by Gasteiger charge is -2.45. The Hall–Kier alpha value is -2.29. The lowest BCUT2D eigenvalue weighted by molar-refractivity contribution is -0.194. The zero-order chi connectivity index (χ0) is 18.9. The molecule has 1 spiro atoms. The summed E-state index contributed by atoms with van der Waals surface area (Å²) in [6.45, 7) is 0.656. The van der Waals surface area contributed by atoms with Crippen LogP contribution >= 0.6 is 0 Å². The molecule has 1 aromatic carbocycles. The molecule has 26 heavy (non-hydrogen) atoms. The Balaban J connectivity index is 1.66. The molecule has 0 aromatic heterocycles. The van der Waals surface area contributed by atoms with Gasteiger partial charge in [-0.15, -0.1) is 0 Å². The summed E-state index contributed by atoms with van der Waals surface area (Å²) in [7, 11) is 1.11. The van der Waals surface area contributed by atoms with Gasteiger partial charge in [0.15, 0.2) is 0 Å². The van der Waals surface area contributed by atoms with Gasteiger partial charge in [-0.25, -0.2) is 4.79 Å². The third-order valence-corrected chi connectivity index (χ3v) is 4.88. The molecule has 0 aliphatic carbocycles. The summed E-state index contributed by atoms with van der Waals surface area (Å²) in [4.78, 5) is 25.9. The Kier molecular flexibility index (Phi) is 4.83. The molecular weight excluding hydrogens is 353 g/mol. The molecule has 0 saturated carbocycles. The van der Waals surface area contributed by atoms with Crippen LogP contribution in [0.25, 0.3) is 0 Å². The standard InChI is InChI=1S/C17H19F3N2O4/c1-21(14(23)17(18,19)20)13-7-22(9-16(13)10-25-11-16)15(24)26-8-12-5-3-2-4-6-12/h2-6,13H,7-11H2,1H3. The minimum atomic E-state index is -4.96. The smallest absolute Gasteiger partial charge is 0.445 e. The lowest BCUT2D eigenvalue weighted by atomic mass is 9.80. The van der Waals surface area contributed by atoms with Gasteiger partial charge in [0, 0.05) is 20.1 Å². The van der Waals surface area contributed by atoms with Crippen LogP contribution in [0.1, 0.15) is 5.56 Å². The second kappa shape index (κ2) is 6.79. The fourth-order valence-corrected chi connectivity index (χ4v) is 3.42. The van der Waals surface area contributed by atoms with Crippen molar-refractivity contribution in [1.82, 2.24) is 9.80 Å². The van der Waals surface area contributed by atoms with Gasteiger partial charge in [-0.05, 0) is 5.56 Å². The van der Waals surface area contributed by atoms with Gasteiger partial charge < -0.3 is 19.3 Å². The van der Waals surface area contributed by atoms with Crippen molar-refractivity contribution < 1.29 is 32.2 Å². The van der Waals surface area contributed by atoms with E-state index >= 15 is 0 Å². The molecule has 1 unspecified atom stereocenters. The van der Waals surface area contributed by atoms with Crippen molar-refractivity contribution in [2.45, 2.75) is 18.8 Å². The highest BCUT2D eigenvalue weighted by atomic mass is 19.4. The Morgan fingerprint density at radius 3 is 2.50 bits per heavy atom. The topological polar surface area (TPSA) is 59.1 Å². The van der Waals surface area contributed by atoms with Gasteiger partial charge in [0.05, 0.1) is 24.7 Å². The Labute approximate surface area is 148 Å². The van der Waals surface area contributed by atoms with Crippen molar-refractivity contribution in [2.75, 3.05) is 33.4 Å². The van der Waals surface area contributed by atoms with Gasteiger partial charge in [0.25, 0.3) is 0 Å². The maximum Gasteiger partial charge on any atom is 0.471 e. The third kappa shape index (κ3) is 3.48. The van der Waals surface area contributed by atoms with E-state index in [-0.39, 0.29) is 32.9 Å². The molecule has 142 valence electrons. The highest BCUT2D eigenvalue weighted by Crippen LogP contribution is 2.41. The number of amides is 2. The SMILES string of the molecule is CN(C(=O)C(F)(F)F)C1CN(C(=O)OCc2ccccc2)CC12COC2. The van der Waals surface area contributed by atoms with E-state index in [4.69, 9.17) is 9.47 Å². The van der Waals surface area contributed by atoms with E-state index < -0.39 is 29.6 Å². The largest absolute Gasteiger partial charge is 0.471 e. The maximum atomic E-state index is 12.8. The van der Waals surface area contributed by atoms with Crippen molar-refractivity contribution >= 4 is 12.0 Å². The lowest BCUT2D eigenvalue weighted by Crippen LogP contribution is -2.59. The molecule has 9 heteroatoms. The van der Waals surface area contributed by atoms with E-state index in [9.17, 15) is 22.8 Å². The minimum Gasteiger partial charge on any atom is -0.445 e. The number of carbonyl (C=O) groups is 2. The molecular formula is C17H19F3N2O4. The van der Waals surface area contributed by atoms with E-state index in [1.54, 1.807) is 12.1 Å². The van der Waals surface area contributed by atoms with E-state index in [0.717, 1.165) is 12.6 Å². The highest BCUT2D eigenvalue weighted by Gasteiger charge is 2.58. The summed E-state index contributed by atoms with van der Waals surface area (Å²) in [5, 5.41) is 0. The molecule has 2 aliphatic rings. The molecule has 2 saturated heterocycles. The van der Waals surface area contributed by atoms with Crippen LogP contribution in [0.3, 0.4) is 0 Å². The van der Waals surface area contributed by atoms with Gasteiger partial charge in [-0.2, -0.15) is 13.2 Å². The number of hydrogen-bond donors (Lipinski definition) is 0. The molecule has 1 aromatic rings. The van der Waals surface area contributed by atoms with Gasteiger partial charge in [0.2, 0.25) is 0 Å². The van der Waals surface area contributed by atoms with Crippen LogP contribution in [-0.2, 0) is 20.9 Å². The van der Waals surface area contributed by atoms with Crippen molar-refractivity contribution in [1.29, 1.82) is 0 Å². The number of alkyl halides is 3. The number of likely N-dealkylation sites (tertiary alicyclic amines) is 1. The second-order valence-electron chi connectivity index (χ2n) is 6.71. The molecule has 6 nitrogen and oxygen atoms in total. The number of rotatable bonds is 3. The quantitative estimate of drug-likeness (QED) is 0.815. The Morgan fingerprint density at radius 2 is 1.96 bits per heavy atom. The molecule has 0 bridgehead atoms. The zero-order valence-corrected chi connectivity index (χ0v) is 14.2. The fraction of sp³-hybridized carbons (Fsp3) is 0.529. The molecule has 0 N–H and O–H groups in total. The first-order chi connectivity index (χ1) is 12.2. The average Bonchev–Trinajstić information content (AvgIpc) is 3.00. The normalized spacial score (nSPS) is 21.4. The predicted molar refractivity (Wildman–Crippen MR) is 84.1 cm³/mol. The van der Waals surface area contributed by atoms with Crippen LogP contribution in [0.5, 0.6) is 0 Å². The first-order valence-corrected chi connectivity index (χ1v) is 8.10.